The van der Waals surface area contributed by atoms with Crippen molar-refractivity contribution in [1.82, 2.24) is 10.2 Å². The Hall–Kier alpha value is -2.11. The molecule has 1 fully saturated rings. The summed E-state index contributed by atoms with van der Waals surface area (Å²) < 4.78 is 19.6. The third-order valence-corrected chi connectivity index (χ3v) is 6.82. The number of methoxy groups -OCH3 is 1. The van der Waals surface area contributed by atoms with Gasteiger partial charge in [0, 0.05) is 23.0 Å². The zero-order valence-electron chi connectivity index (χ0n) is 19.7. The van der Waals surface area contributed by atoms with Gasteiger partial charge in [-0.1, -0.05) is 31.5 Å². The van der Waals surface area contributed by atoms with Crippen molar-refractivity contribution in [2.24, 2.45) is 5.92 Å². The highest BCUT2D eigenvalue weighted by Gasteiger charge is 2.27. The predicted octanol–water partition coefficient (Wildman–Crippen LogP) is 6.01. The van der Waals surface area contributed by atoms with Crippen LogP contribution in [-0.2, 0) is 11.3 Å². The first-order chi connectivity index (χ1) is 15.2. The lowest BCUT2D eigenvalue weighted by Crippen LogP contribution is -2.41. The number of ether oxygens (including phenoxy) is 1. The van der Waals surface area contributed by atoms with E-state index in [1.54, 1.807) is 19.2 Å². The van der Waals surface area contributed by atoms with Gasteiger partial charge in [0.15, 0.2) is 0 Å². The van der Waals surface area contributed by atoms with Crippen molar-refractivity contribution < 1.29 is 13.9 Å². The van der Waals surface area contributed by atoms with Crippen molar-refractivity contribution in [1.29, 1.82) is 0 Å². The minimum atomic E-state index is -0.276. The Labute approximate surface area is 196 Å². The van der Waals surface area contributed by atoms with Crippen molar-refractivity contribution in [2.75, 3.05) is 20.2 Å². The first-order valence-electron chi connectivity index (χ1n) is 11.3. The summed E-state index contributed by atoms with van der Waals surface area (Å²) in [6.07, 6.45) is 1.51. The van der Waals surface area contributed by atoms with Crippen LogP contribution in [0.5, 0.6) is 5.75 Å². The van der Waals surface area contributed by atoms with Gasteiger partial charge < -0.3 is 10.1 Å². The molecular formula is C26H34ClFN2O2. The Kier molecular flexibility index (Phi) is 8.18. The molecule has 1 aliphatic heterocycles. The number of rotatable bonds is 7. The molecule has 0 aliphatic carbocycles. The molecule has 2 aromatic rings. The summed E-state index contributed by atoms with van der Waals surface area (Å²) in [5, 5.41) is 3.67. The van der Waals surface area contributed by atoms with E-state index in [2.05, 4.69) is 43.1 Å². The van der Waals surface area contributed by atoms with Crippen LogP contribution in [0.15, 0.2) is 30.3 Å². The number of benzene rings is 2. The molecule has 0 unspecified atom stereocenters. The van der Waals surface area contributed by atoms with E-state index in [4.69, 9.17) is 16.3 Å². The molecule has 6 heteroatoms. The van der Waals surface area contributed by atoms with Gasteiger partial charge in [-0.3, -0.25) is 9.69 Å². The first kappa shape index (κ1) is 24.5. The number of hydrogen-bond donors (Lipinski definition) is 1. The highest BCUT2D eigenvalue weighted by Crippen LogP contribution is 2.32. The number of likely N-dealkylation sites (tertiary alicyclic amines) is 1. The van der Waals surface area contributed by atoms with Crippen molar-refractivity contribution in [3.05, 3.63) is 63.4 Å². The molecule has 0 aromatic heterocycles. The van der Waals surface area contributed by atoms with E-state index in [-0.39, 0.29) is 23.7 Å². The molecule has 1 heterocycles. The van der Waals surface area contributed by atoms with Crippen LogP contribution in [0.4, 0.5) is 4.39 Å². The second-order valence-corrected chi connectivity index (χ2v) is 9.49. The number of nitrogens with zero attached hydrogens (tertiary/aromatic N) is 1. The first-order valence-corrected chi connectivity index (χ1v) is 11.7. The third-order valence-electron chi connectivity index (χ3n) is 6.47. The Morgan fingerprint density at radius 3 is 2.50 bits per heavy atom. The van der Waals surface area contributed by atoms with Gasteiger partial charge in [0.1, 0.15) is 11.6 Å². The molecule has 0 saturated carbocycles. The fourth-order valence-corrected chi connectivity index (χ4v) is 4.70. The van der Waals surface area contributed by atoms with E-state index in [9.17, 15) is 9.18 Å². The fourth-order valence-electron chi connectivity index (χ4n) is 4.48. The van der Waals surface area contributed by atoms with E-state index in [1.165, 1.54) is 6.07 Å². The van der Waals surface area contributed by atoms with E-state index in [0.717, 1.165) is 48.4 Å². The number of piperidine rings is 1. The van der Waals surface area contributed by atoms with Gasteiger partial charge in [-0.25, -0.2) is 4.39 Å². The summed E-state index contributed by atoms with van der Waals surface area (Å²) in [5.74, 6) is 0.999. The molecule has 1 N–H and O–H groups in total. The topological polar surface area (TPSA) is 41.6 Å². The average Bonchev–Trinajstić information content (AvgIpc) is 2.76. The molecule has 1 atom stereocenters. The van der Waals surface area contributed by atoms with Crippen LogP contribution in [0, 0.1) is 18.7 Å². The molecule has 0 spiro atoms. The maximum absolute atomic E-state index is 14.1. The molecule has 1 aliphatic rings. The van der Waals surface area contributed by atoms with E-state index < -0.39 is 0 Å². The Bertz CT molecular complexity index is 935. The van der Waals surface area contributed by atoms with Gasteiger partial charge in [0.25, 0.3) is 0 Å². The lowest BCUT2D eigenvalue weighted by molar-refractivity contribution is -0.127. The number of carbonyl (C=O) groups is 1. The molecule has 1 saturated heterocycles. The van der Waals surface area contributed by atoms with Crippen molar-refractivity contribution in [2.45, 2.75) is 59.0 Å². The Balaban J connectivity index is 1.60. The van der Waals surface area contributed by atoms with Crippen LogP contribution in [0.2, 0.25) is 5.02 Å². The van der Waals surface area contributed by atoms with Gasteiger partial charge in [0.05, 0.1) is 13.2 Å². The van der Waals surface area contributed by atoms with Crippen LogP contribution < -0.4 is 10.1 Å². The lowest BCUT2D eigenvalue weighted by Gasteiger charge is -2.32. The molecule has 4 nitrogen and oxygen atoms in total. The summed E-state index contributed by atoms with van der Waals surface area (Å²) in [4.78, 5) is 15.1. The third kappa shape index (κ3) is 5.62. The maximum Gasteiger partial charge on any atom is 0.223 e. The van der Waals surface area contributed by atoms with Gasteiger partial charge in [0.2, 0.25) is 5.91 Å². The fraction of sp³-hybridized carbons (Fsp3) is 0.500. The van der Waals surface area contributed by atoms with Crippen LogP contribution in [-0.4, -0.2) is 31.0 Å². The monoisotopic (exact) mass is 460 g/mol. The van der Waals surface area contributed by atoms with E-state index in [1.807, 2.05) is 6.92 Å². The van der Waals surface area contributed by atoms with Crippen molar-refractivity contribution in [3.8, 4) is 5.75 Å². The molecule has 2 aromatic carbocycles. The molecule has 0 radical (unpaired) electrons. The van der Waals surface area contributed by atoms with E-state index >= 15 is 0 Å². The minimum Gasteiger partial charge on any atom is -0.496 e. The van der Waals surface area contributed by atoms with Crippen LogP contribution in [0.1, 0.15) is 67.8 Å². The second-order valence-electron chi connectivity index (χ2n) is 9.09. The number of amides is 1. The number of hydrogen-bond acceptors (Lipinski definition) is 3. The van der Waals surface area contributed by atoms with Crippen LogP contribution in [0.25, 0.3) is 0 Å². The maximum atomic E-state index is 14.1. The highest BCUT2D eigenvalue weighted by molar-refractivity contribution is 6.31. The van der Waals surface area contributed by atoms with Gasteiger partial charge >= 0.3 is 0 Å². The highest BCUT2D eigenvalue weighted by atomic mass is 35.5. The summed E-state index contributed by atoms with van der Waals surface area (Å²) in [7, 11) is 1.69. The summed E-state index contributed by atoms with van der Waals surface area (Å²) >= 11 is 6.17. The van der Waals surface area contributed by atoms with Crippen LogP contribution in [0.3, 0.4) is 0 Å². The number of nitrogens with one attached hydrogen (secondary N) is 1. The normalized spacial score (nSPS) is 16.2. The second kappa shape index (κ2) is 10.7. The lowest BCUT2D eigenvalue weighted by atomic mass is 9.92. The zero-order chi connectivity index (χ0) is 23.4. The summed E-state index contributed by atoms with van der Waals surface area (Å²) in [5.41, 5.74) is 3.90. The number of halogens is 2. The predicted molar refractivity (Wildman–Crippen MR) is 128 cm³/mol. The van der Waals surface area contributed by atoms with Gasteiger partial charge in [-0.15, -0.1) is 0 Å². The van der Waals surface area contributed by atoms with Crippen molar-refractivity contribution in [3.63, 3.8) is 0 Å². The van der Waals surface area contributed by atoms with Crippen molar-refractivity contribution >= 4 is 17.5 Å². The van der Waals surface area contributed by atoms with Crippen LogP contribution >= 0.6 is 11.6 Å². The molecule has 1 amide bonds. The Morgan fingerprint density at radius 2 is 1.91 bits per heavy atom. The molecule has 174 valence electrons. The number of aryl methyl sites for hydroxylation is 1. The number of carbonyl (C=O) groups excluding carboxylic acids is 1. The largest absolute Gasteiger partial charge is 0.496 e. The summed E-state index contributed by atoms with van der Waals surface area (Å²) in [6, 6.07) is 8.90. The SMILES string of the molecule is COc1cc(C)c([C@H](C)NC(=O)C2CCN(Cc3c(F)cccc3Cl)CC2)cc1C(C)C. The molecule has 0 bridgehead atoms. The Morgan fingerprint density at radius 1 is 1.22 bits per heavy atom. The quantitative estimate of drug-likeness (QED) is 0.550. The smallest absolute Gasteiger partial charge is 0.223 e. The molecular weight excluding hydrogens is 427 g/mol. The minimum absolute atomic E-state index is 0.0343. The standard InChI is InChI=1S/C26H34ClFN2O2/c1-16(2)20-14-21(17(3)13-25(20)32-5)18(4)29-26(31)19-9-11-30(12-10-19)15-22-23(27)7-6-8-24(22)28/h6-8,13-14,16,18-19H,9-12,15H2,1-5H3,(H,29,31)/t18-/m0/s1. The summed E-state index contributed by atoms with van der Waals surface area (Å²) in [6.45, 7) is 10.3. The van der Waals surface area contributed by atoms with Gasteiger partial charge in [-0.05, 0) is 86.7 Å². The zero-order valence-corrected chi connectivity index (χ0v) is 20.4. The molecule has 3 rings (SSSR count). The van der Waals surface area contributed by atoms with E-state index in [0.29, 0.717) is 23.0 Å². The average molecular weight is 461 g/mol. The van der Waals surface area contributed by atoms with Gasteiger partial charge in [-0.2, -0.15) is 0 Å². The molecule has 32 heavy (non-hydrogen) atoms.